The molecule has 0 amide bonds. The third kappa shape index (κ3) is 1.95. The standard InChI is InChI=1S/C9H5N3O5/c13-9(14)8-10-7(11-17-8)5-3-1-2-4-6(5)12(15)16/h1-4H,(H,13,14). The second-order valence-corrected chi connectivity index (χ2v) is 3.00. The summed E-state index contributed by atoms with van der Waals surface area (Å²) in [6, 6.07) is 5.72. The van der Waals surface area contributed by atoms with Crippen LogP contribution in [0, 0.1) is 10.1 Å². The van der Waals surface area contributed by atoms with Gasteiger partial charge in [0.25, 0.3) is 5.69 Å². The Kier molecular flexibility index (Phi) is 2.53. The van der Waals surface area contributed by atoms with Crippen molar-refractivity contribution in [1.29, 1.82) is 0 Å². The molecule has 1 N–H and O–H groups in total. The van der Waals surface area contributed by atoms with Crippen LogP contribution in [0.15, 0.2) is 28.8 Å². The first-order valence-corrected chi connectivity index (χ1v) is 4.40. The van der Waals surface area contributed by atoms with E-state index in [1.165, 1.54) is 18.2 Å². The summed E-state index contributed by atoms with van der Waals surface area (Å²) in [6.07, 6.45) is 0. The van der Waals surface area contributed by atoms with Crippen LogP contribution in [0.25, 0.3) is 11.4 Å². The zero-order valence-corrected chi connectivity index (χ0v) is 8.23. The van der Waals surface area contributed by atoms with Crippen molar-refractivity contribution in [3.8, 4) is 11.4 Å². The average molecular weight is 235 g/mol. The number of benzene rings is 1. The van der Waals surface area contributed by atoms with Gasteiger partial charge in [-0.1, -0.05) is 17.3 Å². The van der Waals surface area contributed by atoms with Gasteiger partial charge in [0.15, 0.2) is 0 Å². The van der Waals surface area contributed by atoms with Crippen LogP contribution in [0.1, 0.15) is 10.7 Å². The zero-order valence-electron chi connectivity index (χ0n) is 8.23. The molecule has 0 aliphatic carbocycles. The molecule has 0 spiro atoms. The van der Waals surface area contributed by atoms with Crippen LogP contribution in [0.4, 0.5) is 5.69 Å². The molecule has 8 nitrogen and oxygen atoms in total. The topological polar surface area (TPSA) is 119 Å². The molecule has 0 aliphatic heterocycles. The Morgan fingerprint density at radius 3 is 2.71 bits per heavy atom. The van der Waals surface area contributed by atoms with Crippen LogP contribution in [0.3, 0.4) is 0 Å². The fourth-order valence-electron chi connectivity index (χ4n) is 1.24. The van der Waals surface area contributed by atoms with Crippen LogP contribution < -0.4 is 0 Å². The van der Waals surface area contributed by atoms with E-state index in [4.69, 9.17) is 5.11 Å². The molecular formula is C9H5N3O5. The molecule has 86 valence electrons. The van der Waals surface area contributed by atoms with Crippen molar-refractivity contribution in [3.63, 3.8) is 0 Å². The monoisotopic (exact) mass is 235 g/mol. The van der Waals surface area contributed by atoms with E-state index in [9.17, 15) is 14.9 Å². The van der Waals surface area contributed by atoms with Gasteiger partial charge in [-0.15, -0.1) is 0 Å². The van der Waals surface area contributed by atoms with E-state index in [1.54, 1.807) is 6.07 Å². The molecule has 0 saturated heterocycles. The van der Waals surface area contributed by atoms with Gasteiger partial charge in [-0.3, -0.25) is 10.1 Å². The zero-order chi connectivity index (χ0) is 12.4. The first-order chi connectivity index (χ1) is 8.09. The number of para-hydroxylation sites is 1. The number of rotatable bonds is 3. The number of nitro groups is 1. The maximum absolute atomic E-state index is 10.7. The van der Waals surface area contributed by atoms with Crippen LogP contribution in [0.2, 0.25) is 0 Å². The summed E-state index contributed by atoms with van der Waals surface area (Å²) in [5.74, 6) is -2.13. The highest BCUT2D eigenvalue weighted by molar-refractivity contribution is 5.83. The molecule has 0 atom stereocenters. The van der Waals surface area contributed by atoms with Gasteiger partial charge in [-0.2, -0.15) is 4.98 Å². The summed E-state index contributed by atoms with van der Waals surface area (Å²) in [5.41, 5.74) is -0.112. The molecule has 17 heavy (non-hydrogen) atoms. The number of carboxylic acid groups (broad SMARTS) is 1. The van der Waals surface area contributed by atoms with E-state index in [0.29, 0.717) is 0 Å². The summed E-state index contributed by atoms with van der Waals surface area (Å²) in [7, 11) is 0. The second-order valence-electron chi connectivity index (χ2n) is 3.00. The average Bonchev–Trinajstić information content (AvgIpc) is 2.78. The molecule has 0 unspecified atom stereocenters. The molecule has 2 aromatic rings. The largest absolute Gasteiger partial charge is 0.474 e. The smallest absolute Gasteiger partial charge is 0.394 e. The van der Waals surface area contributed by atoms with Crippen molar-refractivity contribution in [3.05, 3.63) is 40.3 Å². The highest BCUT2D eigenvalue weighted by Crippen LogP contribution is 2.26. The van der Waals surface area contributed by atoms with Gasteiger partial charge in [-0.05, 0) is 6.07 Å². The molecule has 0 radical (unpaired) electrons. The van der Waals surface area contributed by atoms with Crippen molar-refractivity contribution < 1.29 is 19.3 Å². The van der Waals surface area contributed by atoms with Crippen LogP contribution in [0.5, 0.6) is 0 Å². The quantitative estimate of drug-likeness (QED) is 0.629. The Bertz CT molecular complexity index is 592. The van der Waals surface area contributed by atoms with Crippen molar-refractivity contribution >= 4 is 11.7 Å². The van der Waals surface area contributed by atoms with Gasteiger partial charge in [-0.25, -0.2) is 4.79 Å². The molecule has 0 fully saturated rings. The van der Waals surface area contributed by atoms with E-state index >= 15 is 0 Å². The van der Waals surface area contributed by atoms with Gasteiger partial charge in [0.2, 0.25) is 5.82 Å². The third-order valence-corrected chi connectivity index (χ3v) is 1.95. The fourth-order valence-corrected chi connectivity index (χ4v) is 1.24. The number of hydrogen-bond donors (Lipinski definition) is 1. The molecule has 1 aromatic heterocycles. The Balaban J connectivity index is 2.52. The number of carbonyl (C=O) groups is 1. The number of aromatic nitrogens is 2. The highest BCUT2D eigenvalue weighted by Gasteiger charge is 2.21. The van der Waals surface area contributed by atoms with Gasteiger partial charge < -0.3 is 9.63 Å². The minimum absolute atomic E-state index is 0.105. The maximum atomic E-state index is 10.7. The van der Waals surface area contributed by atoms with Crippen LogP contribution >= 0.6 is 0 Å². The SMILES string of the molecule is O=C(O)c1nc(-c2ccccc2[N+](=O)[O-])no1. The molecule has 1 heterocycles. The summed E-state index contributed by atoms with van der Waals surface area (Å²) in [6.45, 7) is 0. The first-order valence-electron chi connectivity index (χ1n) is 4.40. The molecule has 2 rings (SSSR count). The molecule has 0 bridgehead atoms. The Morgan fingerprint density at radius 1 is 1.41 bits per heavy atom. The second kappa shape index (κ2) is 4.00. The predicted octanol–water partition coefficient (Wildman–Crippen LogP) is 1.34. The molecule has 1 aromatic carbocycles. The van der Waals surface area contributed by atoms with E-state index in [-0.39, 0.29) is 17.1 Å². The molecular weight excluding hydrogens is 230 g/mol. The maximum Gasteiger partial charge on any atom is 0.394 e. The number of nitro benzene ring substituents is 1. The lowest BCUT2D eigenvalue weighted by molar-refractivity contribution is -0.384. The van der Waals surface area contributed by atoms with Crippen molar-refractivity contribution in [2.75, 3.05) is 0 Å². The van der Waals surface area contributed by atoms with Crippen molar-refractivity contribution in [2.45, 2.75) is 0 Å². The van der Waals surface area contributed by atoms with Crippen LogP contribution in [-0.4, -0.2) is 26.1 Å². The fraction of sp³-hybridized carbons (Fsp3) is 0. The third-order valence-electron chi connectivity index (χ3n) is 1.95. The van der Waals surface area contributed by atoms with Gasteiger partial charge in [0, 0.05) is 6.07 Å². The number of nitrogens with zero attached hydrogens (tertiary/aromatic N) is 3. The number of aromatic carboxylic acids is 1. The molecule has 8 heteroatoms. The Morgan fingerprint density at radius 2 is 2.12 bits per heavy atom. The lowest BCUT2D eigenvalue weighted by Gasteiger charge is -1.95. The van der Waals surface area contributed by atoms with E-state index < -0.39 is 16.8 Å². The van der Waals surface area contributed by atoms with E-state index in [0.717, 1.165) is 0 Å². The Hall–Kier alpha value is -2.77. The van der Waals surface area contributed by atoms with Crippen LogP contribution in [-0.2, 0) is 0 Å². The molecule has 0 aliphatic rings. The summed E-state index contributed by atoms with van der Waals surface area (Å²) in [5, 5.41) is 22.7. The van der Waals surface area contributed by atoms with Crippen molar-refractivity contribution in [2.24, 2.45) is 0 Å². The number of hydrogen-bond acceptors (Lipinski definition) is 6. The number of carboxylic acids is 1. The van der Waals surface area contributed by atoms with Gasteiger partial charge in [0.1, 0.15) is 5.56 Å². The minimum Gasteiger partial charge on any atom is -0.474 e. The first kappa shape index (κ1) is 10.7. The summed E-state index contributed by atoms with van der Waals surface area (Å²) < 4.78 is 4.43. The lowest BCUT2D eigenvalue weighted by Crippen LogP contribution is -1.96. The highest BCUT2D eigenvalue weighted by atomic mass is 16.6. The summed E-state index contributed by atoms with van der Waals surface area (Å²) in [4.78, 5) is 24.2. The minimum atomic E-state index is -1.39. The van der Waals surface area contributed by atoms with Gasteiger partial charge in [0.05, 0.1) is 4.92 Å². The van der Waals surface area contributed by atoms with Crippen molar-refractivity contribution in [1.82, 2.24) is 10.1 Å². The van der Waals surface area contributed by atoms with E-state index in [1.807, 2.05) is 0 Å². The normalized spacial score (nSPS) is 10.1. The summed E-state index contributed by atoms with van der Waals surface area (Å²) >= 11 is 0. The van der Waals surface area contributed by atoms with Gasteiger partial charge >= 0.3 is 11.9 Å². The Labute approximate surface area is 93.6 Å². The van der Waals surface area contributed by atoms with E-state index in [2.05, 4.69) is 14.7 Å². The predicted molar refractivity (Wildman–Crippen MR) is 53.3 cm³/mol. The molecule has 0 saturated carbocycles. The lowest BCUT2D eigenvalue weighted by atomic mass is 10.2.